The quantitative estimate of drug-likeness (QED) is 0.840. The molecule has 16 heavy (non-hydrogen) atoms. The first-order chi connectivity index (χ1) is 7.58. The number of nitrogens with zero attached hydrogens (tertiary/aromatic N) is 2. The van der Waals surface area contributed by atoms with Gasteiger partial charge in [-0.3, -0.25) is 9.78 Å². The van der Waals surface area contributed by atoms with Crippen molar-refractivity contribution in [2.75, 3.05) is 13.6 Å². The van der Waals surface area contributed by atoms with Gasteiger partial charge in [0, 0.05) is 19.8 Å². The molecule has 2 unspecified atom stereocenters. The molecule has 4 heteroatoms. The highest BCUT2D eigenvalue weighted by Gasteiger charge is 2.34. The van der Waals surface area contributed by atoms with Gasteiger partial charge in [0.15, 0.2) is 0 Å². The van der Waals surface area contributed by atoms with Crippen molar-refractivity contribution in [3.05, 3.63) is 24.0 Å². The summed E-state index contributed by atoms with van der Waals surface area (Å²) in [5, 5.41) is 9.25. The number of amides is 1. The van der Waals surface area contributed by atoms with Crippen LogP contribution in [0.15, 0.2) is 18.5 Å². The Bertz CT molecular complexity index is 406. The second-order valence-electron chi connectivity index (χ2n) is 4.59. The lowest BCUT2D eigenvalue weighted by atomic mass is 10.2. The largest absolute Gasteiger partial charge is 0.506 e. The first kappa shape index (κ1) is 10.9. The van der Waals surface area contributed by atoms with Crippen LogP contribution in [0.25, 0.3) is 0 Å². The maximum atomic E-state index is 11.9. The molecule has 0 saturated heterocycles. The topological polar surface area (TPSA) is 53.4 Å². The molecule has 0 aromatic carbocycles. The van der Waals surface area contributed by atoms with Crippen LogP contribution in [0.2, 0.25) is 0 Å². The van der Waals surface area contributed by atoms with E-state index >= 15 is 0 Å². The Morgan fingerprint density at radius 3 is 2.88 bits per heavy atom. The fourth-order valence-electron chi connectivity index (χ4n) is 1.85. The number of aromatic nitrogens is 1. The summed E-state index contributed by atoms with van der Waals surface area (Å²) >= 11 is 0. The van der Waals surface area contributed by atoms with Gasteiger partial charge in [0.05, 0.1) is 11.8 Å². The van der Waals surface area contributed by atoms with Crippen molar-refractivity contribution in [1.29, 1.82) is 0 Å². The van der Waals surface area contributed by atoms with Crippen molar-refractivity contribution < 1.29 is 9.90 Å². The Balaban J connectivity index is 2.01. The van der Waals surface area contributed by atoms with E-state index in [-0.39, 0.29) is 11.7 Å². The van der Waals surface area contributed by atoms with E-state index in [4.69, 9.17) is 0 Å². The molecule has 1 heterocycles. The highest BCUT2D eigenvalue weighted by atomic mass is 16.3. The van der Waals surface area contributed by atoms with Gasteiger partial charge in [0.2, 0.25) is 0 Å². The minimum absolute atomic E-state index is 0.0269. The molecule has 1 aliphatic rings. The van der Waals surface area contributed by atoms with Crippen LogP contribution in [0, 0.1) is 11.8 Å². The summed E-state index contributed by atoms with van der Waals surface area (Å²) in [5.41, 5.74) is 0.441. The molecule has 1 amide bonds. The van der Waals surface area contributed by atoms with E-state index < -0.39 is 0 Å². The summed E-state index contributed by atoms with van der Waals surface area (Å²) in [5.74, 6) is 1.32. The Morgan fingerprint density at radius 1 is 1.62 bits per heavy atom. The third kappa shape index (κ3) is 2.32. The Hall–Kier alpha value is -1.58. The van der Waals surface area contributed by atoms with Crippen LogP contribution in [0.1, 0.15) is 23.7 Å². The number of pyridine rings is 1. The van der Waals surface area contributed by atoms with Crippen molar-refractivity contribution >= 4 is 5.91 Å². The maximum absolute atomic E-state index is 11.9. The normalized spacial score (nSPS) is 22.9. The molecule has 2 rings (SSSR count). The molecule has 1 saturated carbocycles. The molecule has 2 atom stereocenters. The van der Waals surface area contributed by atoms with Gasteiger partial charge in [-0.2, -0.15) is 0 Å². The number of carbonyl (C=O) groups excluding carboxylic acids is 1. The Labute approximate surface area is 94.9 Å². The lowest BCUT2D eigenvalue weighted by molar-refractivity contribution is 0.0786. The molecule has 1 aromatic heterocycles. The van der Waals surface area contributed by atoms with E-state index in [0.29, 0.717) is 11.5 Å². The fourth-order valence-corrected chi connectivity index (χ4v) is 1.85. The van der Waals surface area contributed by atoms with Gasteiger partial charge < -0.3 is 10.0 Å². The summed E-state index contributed by atoms with van der Waals surface area (Å²) in [6.07, 6.45) is 4.00. The summed E-state index contributed by atoms with van der Waals surface area (Å²) in [4.78, 5) is 17.4. The third-order valence-electron chi connectivity index (χ3n) is 3.10. The zero-order valence-corrected chi connectivity index (χ0v) is 9.55. The third-order valence-corrected chi connectivity index (χ3v) is 3.10. The smallest absolute Gasteiger partial charge is 0.255 e. The predicted molar refractivity (Wildman–Crippen MR) is 60.1 cm³/mol. The fraction of sp³-hybridized carbons (Fsp3) is 0.500. The van der Waals surface area contributed by atoms with Gasteiger partial charge >= 0.3 is 0 Å². The SMILES string of the molecule is CC1CC1CN(C)C(=O)c1cncc(O)c1. The van der Waals surface area contributed by atoms with Crippen molar-refractivity contribution in [1.82, 2.24) is 9.88 Å². The number of aromatic hydroxyl groups is 1. The van der Waals surface area contributed by atoms with Crippen LogP contribution >= 0.6 is 0 Å². The first-order valence-corrected chi connectivity index (χ1v) is 5.47. The van der Waals surface area contributed by atoms with E-state index in [0.717, 1.165) is 12.5 Å². The van der Waals surface area contributed by atoms with Crippen molar-refractivity contribution in [3.63, 3.8) is 0 Å². The van der Waals surface area contributed by atoms with Crippen LogP contribution in [-0.2, 0) is 0 Å². The Kier molecular flexibility index (Phi) is 2.81. The molecule has 1 aliphatic carbocycles. The summed E-state index contributed by atoms with van der Waals surface area (Å²) in [7, 11) is 1.79. The van der Waals surface area contributed by atoms with E-state index in [1.165, 1.54) is 24.9 Å². The molecule has 1 fully saturated rings. The summed E-state index contributed by atoms with van der Waals surface area (Å²) < 4.78 is 0. The molecule has 0 radical (unpaired) electrons. The standard InChI is InChI=1S/C12H16N2O2/c1-8-3-10(8)7-14(2)12(16)9-4-11(15)6-13-5-9/h4-6,8,10,15H,3,7H2,1-2H3. The van der Waals surface area contributed by atoms with Gasteiger partial charge in [-0.1, -0.05) is 6.92 Å². The van der Waals surface area contributed by atoms with Crippen LogP contribution in [-0.4, -0.2) is 34.5 Å². The second-order valence-corrected chi connectivity index (χ2v) is 4.59. The van der Waals surface area contributed by atoms with Gasteiger partial charge in [0.1, 0.15) is 5.75 Å². The van der Waals surface area contributed by atoms with Gasteiger partial charge in [-0.15, -0.1) is 0 Å². The first-order valence-electron chi connectivity index (χ1n) is 5.47. The zero-order chi connectivity index (χ0) is 11.7. The van der Waals surface area contributed by atoms with E-state index in [1.807, 2.05) is 0 Å². The minimum atomic E-state index is -0.0810. The van der Waals surface area contributed by atoms with E-state index in [1.54, 1.807) is 11.9 Å². The molecule has 0 aliphatic heterocycles. The highest BCUT2D eigenvalue weighted by molar-refractivity contribution is 5.94. The molecular weight excluding hydrogens is 204 g/mol. The number of carbonyl (C=O) groups is 1. The van der Waals surface area contributed by atoms with E-state index in [9.17, 15) is 9.90 Å². The average Bonchev–Trinajstić information content (AvgIpc) is 2.93. The van der Waals surface area contributed by atoms with Gasteiger partial charge in [-0.05, 0) is 24.3 Å². The number of hydrogen-bond donors (Lipinski definition) is 1. The van der Waals surface area contributed by atoms with Gasteiger partial charge in [-0.25, -0.2) is 0 Å². The van der Waals surface area contributed by atoms with Crippen LogP contribution < -0.4 is 0 Å². The lowest BCUT2D eigenvalue weighted by Gasteiger charge is -2.16. The summed E-state index contributed by atoms with van der Waals surface area (Å²) in [6, 6.07) is 1.45. The predicted octanol–water partition coefficient (Wildman–Crippen LogP) is 1.52. The monoisotopic (exact) mass is 220 g/mol. The molecule has 4 nitrogen and oxygen atoms in total. The molecule has 1 aromatic rings. The van der Waals surface area contributed by atoms with Gasteiger partial charge in [0.25, 0.3) is 5.91 Å². The second kappa shape index (κ2) is 4.12. The van der Waals surface area contributed by atoms with Crippen LogP contribution in [0.3, 0.4) is 0 Å². The molecular formula is C12H16N2O2. The Morgan fingerprint density at radius 2 is 2.31 bits per heavy atom. The molecule has 0 bridgehead atoms. The zero-order valence-electron chi connectivity index (χ0n) is 9.55. The molecule has 1 N–H and O–H groups in total. The van der Waals surface area contributed by atoms with Crippen LogP contribution in [0.4, 0.5) is 0 Å². The molecule has 86 valence electrons. The summed E-state index contributed by atoms with van der Waals surface area (Å²) in [6.45, 7) is 2.98. The maximum Gasteiger partial charge on any atom is 0.255 e. The van der Waals surface area contributed by atoms with Crippen LogP contribution in [0.5, 0.6) is 5.75 Å². The average molecular weight is 220 g/mol. The van der Waals surface area contributed by atoms with E-state index in [2.05, 4.69) is 11.9 Å². The van der Waals surface area contributed by atoms with Crippen molar-refractivity contribution in [3.8, 4) is 5.75 Å². The number of rotatable bonds is 3. The van der Waals surface area contributed by atoms with Crippen molar-refractivity contribution in [2.24, 2.45) is 11.8 Å². The lowest BCUT2D eigenvalue weighted by Crippen LogP contribution is -2.29. The number of hydrogen-bond acceptors (Lipinski definition) is 3. The highest BCUT2D eigenvalue weighted by Crippen LogP contribution is 2.38. The van der Waals surface area contributed by atoms with Crippen molar-refractivity contribution in [2.45, 2.75) is 13.3 Å². The minimum Gasteiger partial charge on any atom is -0.506 e. The molecule has 0 spiro atoms.